The van der Waals surface area contributed by atoms with Gasteiger partial charge in [0.05, 0.1) is 6.61 Å². The highest BCUT2D eigenvalue weighted by atomic mass is 16.5. The number of nitrogens with zero attached hydrogens (tertiary/aromatic N) is 1. The standard InChI is InChI=1S/C11H16N2O/c1-2-7-13-11(5-1)14-9-10-4-3-6-12-8-10/h1-2,5,7,10,12H,3-4,6,8-9H2/t10-/m0/s1. The minimum atomic E-state index is 0.644. The highest BCUT2D eigenvalue weighted by Crippen LogP contribution is 2.12. The normalized spacial score (nSPS) is 21.9. The first kappa shape index (κ1) is 9.46. The van der Waals surface area contributed by atoms with Gasteiger partial charge in [-0.05, 0) is 25.5 Å². The molecule has 0 bridgehead atoms. The summed E-state index contributed by atoms with van der Waals surface area (Å²) in [7, 11) is 0. The Balaban J connectivity index is 1.76. The summed E-state index contributed by atoms with van der Waals surface area (Å²) in [6.07, 6.45) is 4.28. The van der Waals surface area contributed by atoms with Crippen LogP contribution in [0.15, 0.2) is 24.4 Å². The highest BCUT2D eigenvalue weighted by molar-refractivity contribution is 5.09. The van der Waals surface area contributed by atoms with Gasteiger partial charge in [0.15, 0.2) is 0 Å². The van der Waals surface area contributed by atoms with Gasteiger partial charge in [-0.3, -0.25) is 0 Å². The molecular formula is C11H16N2O. The molecule has 76 valence electrons. The average Bonchev–Trinajstić information content (AvgIpc) is 2.29. The Morgan fingerprint density at radius 3 is 3.21 bits per heavy atom. The molecule has 0 saturated carbocycles. The number of rotatable bonds is 3. The van der Waals surface area contributed by atoms with E-state index in [2.05, 4.69) is 10.3 Å². The Morgan fingerprint density at radius 2 is 2.50 bits per heavy atom. The van der Waals surface area contributed by atoms with E-state index >= 15 is 0 Å². The van der Waals surface area contributed by atoms with Gasteiger partial charge < -0.3 is 10.1 Å². The van der Waals surface area contributed by atoms with E-state index in [0.29, 0.717) is 5.92 Å². The van der Waals surface area contributed by atoms with Crippen molar-refractivity contribution in [3.8, 4) is 5.88 Å². The van der Waals surface area contributed by atoms with Crippen molar-refractivity contribution in [3.05, 3.63) is 24.4 Å². The van der Waals surface area contributed by atoms with Crippen LogP contribution in [0.25, 0.3) is 0 Å². The lowest BCUT2D eigenvalue weighted by atomic mass is 10.0. The van der Waals surface area contributed by atoms with Gasteiger partial charge in [0.2, 0.25) is 5.88 Å². The quantitative estimate of drug-likeness (QED) is 0.787. The van der Waals surface area contributed by atoms with Crippen molar-refractivity contribution in [2.75, 3.05) is 19.7 Å². The van der Waals surface area contributed by atoms with Crippen molar-refractivity contribution in [1.82, 2.24) is 10.3 Å². The first-order valence-corrected chi connectivity index (χ1v) is 5.20. The Kier molecular flexibility index (Phi) is 3.35. The van der Waals surface area contributed by atoms with Gasteiger partial charge in [-0.2, -0.15) is 0 Å². The Labute approximate surface area is 84.5 Å². The van der Waals surface area contributed by atoms with E-state index in [9.17, 15) is 0 Å². The van der Waals surface area contributed by atoms with Crippen LogP contribution < -0.4 is 10.1 Å². The maximum absolute atomic E-state index is 5.59. The van der Waals surface area contributed by atoms with Crippen LogP contribution in [-0.2, 0) is 0 Å². The lowest BCUT2D eigenvalue weighted by Gasteiger charge is -2.22. The summed E-state index contributed by atoms with van der Waals surface area (Å²) in [6.45, 7) is 3.01. The van der Waals surface area contributed by atoms with Crippen LogP contribution in [0.1, 0.15) is 12.8 Å². The van der Waals surface area contributed by atoms with Crippen LogP contribution in [0.3, 0.4) is 0 Å². The molecule has 0 aliphatic carbocycles. The second kappa shape index (κ2) is 4.96. The summed E-state index contributed by atoms with van der Waals surface area (Å²) in [5.74, 6) is 1.38. The molecule has 1 aromatic heterocycles. The Hall–Kier alpha value is -1.09. The molecule has 0 aromatic carbocycles. The van der Waals surface area contributed by atoms with E-state index in [0.717, 1.165) is 25.6 Å². The fraction of sp³-hybridized carbons (Fsp3) is 0.545. The van der Waals surface area contributed by atoms with Crippen LogP contribution in [0, 0.1) is 5.92 Å². The molecule has 14 heavy (non-hydrogen) atoms. The molecule has 1 atom stereocenters. The second-order valence-corrected chi connectivity index (χ2v) is 3.69. The minimum absolute atomic E-state index is 0.644. The number of ether oxygens (including phenoxy) is 1. The molecule has 0 radical (unpaired) electrons. The molecule has 3 nitrogen and oxygen atoms in total. The number of piperidine rings is 1. The third-order valence-electron chi connectivity index (χ3n) is 2.50. The van der Waals surface area contributed by atoms with Crippen LogP contribution in [-0.4, -0.2) is 24.7 Å². The van der Waals surface area contributed by atoms with Gasteiger partial charge in [-0.15, -0.1) is 0 Å². The third kappa shape index (κ3) is 2.70. The molecule has 1 aromatic rings. The molecule has 0 unspecified atom stereocenters. The summed E-state index contributed by atoms with van der Waals surface area (Å²) in [4.78, 5) is 4.12. The highest BCUT2D eigenvalue weighted by Gasteiger charge is 2.13. The fourth-order valence-electron chi connectivity index (χ4n) is 1.70. The molecule has 2 heterocycles. The zero-order valence-electron chi connectivity index (χ0n) is 8.28. The van der Waals surface area contributed by atoms with Crippen molar-refractivity contribution in [3.63, 3.8) is 0 Å². The van der Waals surface area contributed by atoms with Gasteiger partial charge >= 0.3 is 0 Å². The lowest BCUT2D eigenvalue weighted by Crippen LogP contribution is -2.33. The van der Waals surface area contributed by atoms with E-state index in [1.807, 2.05) is 18.2 Å². The summed E-state index contributed by atoms with van der Waals surface area (Å²) in [5.41, 5.74) is 0. The summed E-state index contributed by atoms with van der Waals surface area (Å²) in [6, 6.07) is 5.74. The van der Waals surface area contributed by atoms with Gasteiger partial charge in [-0.25, -0.2) is 4.98 Å². The van der Waals surface area contributed by atoms with Gasteiger partial charge in [0.25, 0.3) is 0 Å². The zero-order valence-corrected chi connectivity index (χ0v) is 8.28. The first-order chi connectivity index (χ1) is 6.95. The van der Waals surface area contributed by atoms with E-state index in [1.165, 1.54) is 12.8 Å². The van der Waals surface area contributed by atoms with Crippen molar-refractivity contribution in [2.24, 2.45) is 5.92 Å². The van der Waals surface area contributed by atoms with Crippen LogP contribution in [0.4, 0.5) is 0 Å². The minimum Gasteiger partial charge on any atom is -0.477 e. The monoisotopic (exact) mass is 192 g/mol. The molecular weight excluding hydrogens is 176 g/mol. The van der Waals surface area contributed by atoms with Crippen molar-refractivity contribution in [1.29, 1.82) is 0 Å². The van der Waals surface area contributed by atoms with E-state index in [4.69, 9.17) is 4.74 Å². The number of nitrogens with one attached hydrogen (secondary N) is 1. The van der Waals surface area contributed by atoms with E-state index < -0.39 is 0 Å². The zero-order chi connectivity index (χ0) is 9.64. The second-order valence-electron chi connectivity index (χ2n) is 3.69. The number of hydrogen-bond acceptors (Lipinski definition) is 3. The largest absolute Gasteiger partial charge is 0.477 e. The molecule has 1 aliphatic heterocycles. The molecule has 0 spiro atoms. The Morgan fingerprint density at radius 1 is 1.50 bits per heavy atom. The summed E-state index contributed by atoms with van der Waals surface area (Å²) in [5, 5.41) is 3.37. The molecule has 1 saturated heterocycles. The maximum Gasteiger partial charge on any atom is 0.213 e. The van der Waals surface area contributed by atoms with E-state index in [-0.39, 0.29) is 0 Å². The van der Waals surface area contributed by atoms with Crippen LogP contribution in [0.2, 0.25) is 0 Å². The first-order valence-electron chi connectivity index (χ1n) is 5.20. The number of hydrogen-bond donors (Lipinski definition) is 1. The SMILES string of the molecule is c1ccc(OC[C@H]2CCCNC2)nc1. The van der Waals surface area contributed by atoms with Crippen molar-refractivity contribution >= 4 is 0 Å². The predicted octanol–water partition coefficient (Wildman–Crippen LogP) is 1.46. The Bertz CT molecular complexity index is 257. The molecule has 1 fully saturated rings. The average molecular weight is 192 g/mol. The molecule has 1 aliphatic rings. The smallest absolute Gasteiger partial charge is 0.213 e. The fourth-order valence-corrected chi connectivity index (χ4v) is 1.70. The van der Waals surface area contributed by atoms with E-state index in [1.54, 1.807) is 6.20 Å². The van der Waals surface area contributed by atoms with Gasteiger partial charge in [0.1, 0.15) is 0 Å². The van der Waals surface area contributed by atoms with Crippen LogP contribution >= 0.6 is 0 Å². The maximum atomic E-state index is 5.59. The third-order valence-corrected chi connectivity index (χ3v) is 2.50. The van der Waals surface area contributed by atoms with Gasteiger partial charge in [-0.1, -0.05) is 6.07 Å². The van der Waals surface area contributed by atoms with Crippen molar-refractivity contribution in [2.45, 2.75) is 12.8 Å². The molecule has 1 N–H and O–H groups in total. The van der Waals surface area contributed by atoms with Crippen molar-refractivity contribution < 1.29 is 4.74 Å². The predicted molar refractivity (Wildman–Crippen MR) is 55.3 cm³/mol. The lowest BCUT2D eigenvalue weighted by molar-refractivity contribution is 0.212. The molecule has 2 rings (SSSR count). The van der Waals surface area contributed by atoms with Gasteiger partial charge in [0, 0.05) is 24.7 Å². The summed E-state index contributed by atoms with van der Waals surface area (Å²) >= 11 is 0. The summed E-state index contributed by atoms with van der Waals surface area (Å²) < 4.78 is 5.59. The number of aromatic nitrogens is 1. The van der Waals surface area contributed by atoms with Crippen LogP contribution in [0.5, 0.6) is 5.88 Å². The topological polar surface area (TPSA) is 34.1 Å². The molecule has 3 heteroatoms. The number of pyridine rings is 1. The molecule has 0 amide bonds.